The number of nitrogens with zero attached hydrogens (tertiary/aromatic N) is 2. The van der Waals surface area contributed by atoms with E-state index in [1.807, 2.05) is 24.3 Å². The van der Waals surface area contributed by atoms with Crippen LogP contribution in [0.2, 0.25) is 5.02 Å². The van der Waals surface area contributed by atoms with E-state index in [2.05, 4.69) is 4.99 Å². The van der Waals surface area contributed by atoms with Crippen molar-refractivity contribution in [2.45, 2.75) is 6.92 Å². The van der Waals surface area contributed by atoms with Crippen LogP contribution >= 0.6 is 23.4 Å². The van der Waals surface area contributed by atoms with Gasteiger partial charge in [-0.2, -0.15) is 0 Å². The lowest BCUT2D eigenvalue weighted by Crippen LogP contribution is -2.23. The molecule has 0 bridgehead atoms. The van der Waals surface area contributed by atoms with Crippen LogP contribution in [0.5, 0.6) is 0 Å². The Bertz CT molecular complexity index is 1210. The Morgan fingerprint density at radius 1 is 1.12 bits per heavy atom. The van der Waals surface area contributed by atoms with Gasteiger partial charge in [0.2, 0.25) is 0 Å². The number of halogens is 1. The highest BCUT2D eigenvalue weighted by Crippen LogP contribution is 2.34. The van der Waals surface area contributed by atoms with Crippen molar-refractivity contribution in [3.63, 3.8) is 0 Å². The van der Waals surface area contributed by atoms with E-state index < -0.39 is 0 Å². The fourth-order valence-corrected chi connectivity index (χ4v) is 4.07. The number of amidine groups is 1. The summed E-state index contributed by atoms with van der Waals surface area (Å²) in [7, 11) is 1.67. The number of furan rings is 1. The second kappa shape index (κ2) is 9.46. The number of carbonyl (C=O) groups is 2. The van der Waals surface area contributed by atoms with E-state index in [-0.39, 0.29) is 11.9 Å². The molecule has 1 aromatic heterocycles. The van der Waals surface area contributed by atoms with Crippen LogP contribution in [0.1, 0.15) is 23.0 Å². The van der Waals surface area contributed by atoms with E-state index in [0.29, 0.717) is 44.5 Å². The summed E-state index contributed by atoms with van der Waals surface area (Å²) >= 11 is 7.20. The minimum atomic E-state index is -0.379. The van der Waals surface area contributed by atoms with Crippen LogP contribution in [0.15, 0.2) is 75.0 Å². The van der Waals surface area contributed by atoms with Crippen molar-refractivity contribution < 1.29 is 18.7 Å². The lowest BCUT2D eigenvalue weighted by Gasteiger charge is -2.07. The Balaban J connectivity index is 1.52. The maximum absolute atomic E-state index is 12.7. The fraction of sp³-hybridized carbons (Fsp3) is 0.125. The summed E-state index contributed by atoms with van der Waals surface area (Å²) in [5, 5.41) is 1.19. The van der Waals surface area contributed by atoms with E-state index in [1.165, 1.54) is 16.7 Å². The number of esters is 1. The quantitative estimate of drug-likeness (QED) is 0.340. The molecular weight excluding hydrogens is 448 g/mol. The molecule has 2 heterocycles. The van der Waals surface area contributed by atoms with Gasteiger partial charge in [-0.05, 0) is 79.3 Å². The Morgan fingerprint density at radius 3 is 2.53 bits per heavy atom. The van der Waals surface area contributed by atoms with Crippen molar-refractivity contribution in [3.8, 4) is 11.3 Å². The summed E-state index contributed by atoms with van der Waals surface area (Å²) in [6.07, 6.45) is 1.70. The molecule has 162 valence electrons. The van der Waals surface area contributed by atoms with Crippen molar-refractivity contribution in [1.82, 2.24) is 4.90 Å². The highest BCUT2D eigenvalue weighted by atomic mass is 35.5. The first-order valence-electron chi connectivity index (χ1n) is 9.84. The van der Waals surface area contributed by atoms with Gasteiger partial charge in [-0.25, -0.2) is 9.79 Å². The number of rotatable bonds is 5. The number of likely N-dealkylation sites (N-methyl/N-ethyl adjacent to an activating group) is 1. The van der Waals surface area contributed by atoms with Crippen LogP contribution < -0.4 is 0 Å². The lowest BCUT2D eigenvalue weighted by molar-refractivity contribution is -0.121. The van der Waals surface area contributed by atoms with Gasteiger partial charge >= 0.3 is 5.97 Å². The molecule has 1 aliphatic rings. The largest absolute Gasteiger partial charge is 0.462 e. The molecule has 6 nitrogen and oxygen atoms in total. The first kappa shape index (κ1) is 21.9. The Labute approximate surface area is 194 Å². The predicted octanol–water partition coefficient (Wildman–Crippen LogP) is 6.01. The van der Waals surface area contributed by atoms with E-state index in [0.717, 1.165) is 5.56 Å². The SMILES string of the molecule is CCOC(=O)c1ccc(N=C2S/C(=C\c3ccc(-c4ccc(Cl)cc4)o3)C(=O)N2C)cc1. The van der Waals surface area contributed by atoms with Crippen LogP contribution in [0.4, 0.5) is 5.69 Å². The summed E-state index contributed by atoms with van der Waals surface area (Å²) in [5.41, 5.74) is 1.98. The molecule has 32 heavy (non-hydrogen) atoms. The zero-order valence-corrected chi connectivity index (χ0v) is 18.9. The average Bonchev–Trinajstić information content (AvgIpc) is 3.36. The second-order valence-corrected chi connectivity index (χ2v) is 8.29. The van der Waals surface area contributed by atoms with Crippen LogP contribution in [-0.4, -0.2) is 35.6 Å². The van der Waals surface area contributed by atoms with Crippen molar-refractivity contribution in [1.29, 1.82) is 0 Å². The third-order valence-corrected chi connectivity index (χ3v) is 5.95. The normalized spacial score (nSPS) is 16.2. The fourth-order valence-electron chi connectivity index (χ4n) is 2.98. The van der Waals surface area contributed by atoms with Crippen LogP contribution in [0.3, 0.4) is 0 Å². The molecule has 1 fully saturated rings. The standard InChI is InChI=1S/C24H19ClN2O4S/c1-3-30-23(29)16-6-10-18(11-7-16)26-24-27(2)22(28)21(32-24)14-19-12-13-20(31-19)15-4-8-17(25)9-5-15/h4-14H,3H2,1-2H3/b21-14-,26-24?. The first-order chi connectivity index (χ1) is 15.4. The van der Waals surface area contributed by atoms with Crippen molar-refractivity contribution >= 4 is 52.2 Å². The zero-order valence-electron chi connectivity index (χ0n) is 17.4. The molecule has 0 radical (unpaired) electrons. The van der Waals surface area contributed by atoms with Gasteiger partial charge < -0.3 is 9.15 Å². The predicted molar refractivity (Wildman–Crippen MR) is 127 cm³/mol. The maximum Gasteiger partial charge on any atom is 0.338 e. The van der Waals surface area contributed by atoms with Gasteiger partial charge in [0.05, 0.1) is 22.8 Å². The van der Waals surface area contributed by atoms with Crippen LogP contribution in [-0.2, 0) is 9.53 Å². The van der Waals surface area contributed by atoms with Crippen molar-refractivity contribution in [2.75, 3.05) is 13.7 Å². The number of aliphatic imine (C=N–C) groups is 1. The number of ether oxygens (including phenoxy) is 1. The van der Waals surface area contributed by atoms with Crippen LogP contribution in [0.25, 0.3) is 17.4 Å². The monoisotopic (exact) mass is 466 g/mol. The molecule has 1 amide bonds. The maximum atomic E-state index is 12.7. The number of benzene rings is 2. The summed E-state index contributed by atoms with van der Waals surface area (Å²) in [6, 6.07) is 17.7. The third-order valence-electron chi connectivity index (χ3n) is 4.64. The minimum absolute atomic E-state index is 0.165. The van der Waals surface area contributed by atoms with Gasteiger partial charge in [0.1, 0.15) is 11.5 Å². The zero-order chi connectivity index (χ0) is 22.7. The molecule has 8 heteroatoms. The Kier molecular flexibility index (Phi) is 6.48. The van der Waals surface area contributed by atoms with Gasteiger partial charge in [0, 0.05) is 23.7 Å². The van der Waals surface area contributed by atoms with E-state index >= 15 is 0 Å². The highest BCUT2D eigenvalue weighted by molar-refractivity contribution is 8.18. The second-order valence-electron chi connectivity index (χ2n) is 6.85. The molecule has 0 unspecified atom stereocenters. The Hall–Kier alpha value is -3.29. The smallest absolute Gasteiger partial charge is 0.338 e. The summed E-state index contributed by atoms with van der Waals surface area (Å²) in [4.78, 5) is 31.0. The number of hydrogen-bond acceptors (Lipinski definition) is 6. The molecule has 1 saturated heterocycles. The number of amides is 1. The molecule has 0 spiro atoms. The molecule has 0 aliphatic carbocycles. The van der Waals surface area contributed by atoms with E-state index in [9.17, 15) is 9.59 Å². The number of carbonyl (C=O) groups excluding carboxylic acids is 2. The Morgan fingerprint density at radius 2 is 1.84 bits per heavy atom. The molecule has 0 N–H and O–H groups in total. The van der Waals surface area contributed by atoms with Gasteiger partial charge in [-0.3, -0.25) is 9.69 Å². The van der Waals surface area contributed by atoms with Crippen molar-refractivity contribution in [2.24, 2.45) is 4.99 Å². The number of thioether (sulfide) groups is 1. The number of hydrogen-bond donors (Lipinski definition) is 0. The van der Waals surface area contributed by atoms with Crippen LogP contribution in [0, 0.1) is 0 Å². The highest BCUT2D eigenvalue weighted by Gasteiger charge is 2.30. The molecule has 1 aliphatic heterocycles. The topological polar surface area (TPSA) is 72.1 Å². The first-order valence-corrected chi connectivity index (χ1v) is 11.0. The van der Waals surface area contributed by atoms with E-state index in [1.54, 1.807) is 56.4 Å². The molecule has 3 aromatic rings. The molecule has 0 saturated carbocycles. The third kappa shape index (κ3) is 4.79. The minimum Gasteiger partial charge on any atom is -0.462 e. The van der Waals surface area contributed by atoms with Gasteiger partial charge in [-0.1, -0.05) is 11.6 Å². The summed E-state index contributed by atoms with van der Waals surface area (Å²) in [6.45, 7) is 2.08. The summed E-state index contributed by atoms with van der Waals surface area (Å²) < 4.78 is 10.9. The summed E-state index contributed by atoms with van der Waals surface area (Å²) in [5.74, 6) is 0.712. The lowest BCUT2D eigenvalue weighted by atomic mass is 10.2. The molecule has 2 aromatic carbocycles. The molecule has 0 atom stereocenters. The average molecular weight is 467 g/mol. The van der Waals surface area contributed by atoms with Gasteiger partial charge in [-0.15, -0.1) is 0 Å². The molecule has 4 rings (SSSR count). The van der Waals surface area contributed by atoms with Gasteiger partial charge in [0.15, 0.2) is 5.17 Å². The van der Waals surface area contributed by atoms with E-state index in [4.69, 9.17) is 20.8 Å². The molecular formula is C24H19ClN2O4S. The van der Waals surface area contributed by atoms with Gasteiger partial charge in [0.25, 0.3) is 5.91 Å². The van der Waals surface area contributed by atoms with Crippen molar-refractivity contribution in [3.05, 3.63) is 81.9 Å².